The number of hydrogen-bond donors (Lipinski definition) is 2. The van der Waals surface area contributed by atoms with Crippen LogP contribution in [0.2, 0.25) is 0 Å². The topological polar surface area (TPSA) is 95.9 Å². The fourth-order valence-electron chi connectivity index (χ4n) is 4.05. The average molecular weight is 354 g/mol. The van der Waals surface area contributed by atoms with E-state index in [2.05, 4.69) is 19.2 Å². The van der Waals surface area contributed by atoms with Crippen LogP contribution in [0.1, 0.15) is 41.0 Å². The molecule has 1 heterocycles. The third-order valence-corrected chi connectivity index (χ3v) is 5.69. The van der Waals surface area contributed by atoms with Crippen LogP contribution in [0.25, 0.3) is 0 Å². The number of carbonyl (C=O) groups is 3. The van der Waals surface area contributed by atoms with E-state index in [0.29, 0.717) is 6.54 Å². The lowest BCUT2D eigenvalue weighted by molar-refractivity contribution is -0.155. The van der Waals surface area contributed by atoms with Gasteiger partial charge in [-0.25, -0.2) is 4.79 Å². The number of hydrogen-bond acceptors (Lipinski definition) is 5. The van der Waals surface area contributed by atoms with E-state index < -0.39 is 23.5 Å². The normalized spacial score (nSPS) is 28.1. The maximum absolute atomic E-state index is 13.2. The van der Waals surface area contributed by atoms with Crippen molar-refractivity contribution in [2.45, 2.75) is 53.1 Å². The number of amides is 2. The zero-order valence-electron chi connectivity index (χ0n) is 16.0. The van der Waals surface area contributed by atoms with Crippen LogP contribution >= 0.6 is 0 Å². The summed E-state index contributed by atoms with van der Waals surface area (Å²) in [4.78, 5) is 39.0. The summed E-state index contributed by atoms with van der Waals surface area (Å²) in [6.07, 6.45) is -0.0570. The minimum Gasteiger partial charge on any atom is -0.467 e. The van der Waals surface area contributed by atoms with E-state index in [0.717, 1.165) is 0 Å². The number of nitrogens with zero attached hydrogens (tertiary/aromatic N) is 1. The van der Waals surface area contributed by atoms with Gasteiger partial charge in [-0.2, -0.15) is 0 Å². The number of nitrogens with one attached hydrogen (secondary N) is 1. The number of carbonyl (C=O) groups excluding carboxylic acids is 3. The monoisotopic (exact) mass is 354 g/mol. The van der Waals surface area contributed by atoms with Crippen LogP contribution in [-0.2, 0) is 19.1 Å². The van der Waals surface area contributed by atoms with Gasteiger partial charge < -0.3 is 20.1 Å². The maximum atomic E-state index is 13.2. The molecule has 0 unspecified atom stereocenters. The molecular weight excluding hydrogens is 324 g/mol. The lowest BCUT2D eigenvalue weighted by Crippen LogP contribution is -2.58. The fourth-order valence-corrected chi connectivity index (χ4v) is 4.05. The van der Waals surface area contributed by atoms with Gasteiger partial charge in [0.25, 0.3) is 0 Å². The number of methoxy groups -OCH3 is 1. The van der Waals surface area contributed by atoms with Gasteiger partial charge in [0.2, 0.25) is 11.8 Å². The van der Waals surface area contributed by atoms with Crippen molar-refractivity contribution in [3.8, 4) is 0 Å². The van der Waals surface area contributed by atoms with Crippen LogP contribution in [-0.4, -0.2) is 60.1 Å². The van der Waals surface area contributed by atoms with Crippen LogP contribution < -0.4 is 5.32 Å². The molecule has 0 aromatic carbocycles. The molecule has 2 fully saturated rings. The number of ether oxygens (including phenoxy) is 1. The molecule has 1 aliphatic carbocycles. The highest BCUT2D eigenvalue weighted by molar-refractivity contribution is 5.92. The fraction of sp³-hybridized carbons (Fsp3) is 0.833. The van der Waals surface area contributed by atoms with Crippen molar-refractivity contribution in [3.05, 3.63) is 0 Å². The second-order valence-corrected chi connectivity index (χ2v) is 8.75. The molecule has 2 amide bonds. The molecule has 2 rings (SSSR count). The zero-order chi connectivity index (χ0) is 19.2. The Hall–Kier alpha value is -1.63. The molecule has 1 saturated heterocycles. The van der Waals surface area contributed by atoms with Gasteiger partial charge in [0, 0.05) is 18.9 Å². The largest absolute Gasteiger partial charge is 0.467 e. The molecule has 0 spiro atoms. The Labute approximate surface area is 149 Å². The molecule has 0 radical (unpaired) electrons. The van der Waals surface area contributed by atoms with E-state index >= 15 is 0 Å². The van der Waals surface area contributed by atoms with Gasteiger partial charge in [-0.1, -0.05) is 34.6 Å². The Morgan fingerprint density at radius 1 is 1.32 bits per heavy atom. The second kappa shape index (κ2) is 6.59. The second-order valence-electron chi connectivity index (χ2n) is 8.75. The van der Waals surface area contributed by atoms with Gasteiger partial charge in [-0.05, 0) is 16.7 Å². The Kier molecular flexibility index (Phi) is 5.19. The van der Waals surface area contributed by atoms with Gasteiger partial charge in [0.1, 0.15) is 12.1 Å². The molecule has 142 valence electrons. The van der Waals surface area contributed by atoms with Crippen molar-refractivity contribution < 1.29 is 24.2 Å². The van der Waals surface area contributed by atoms with Gasteiger partial charge in [-0.15, -0.1) is 0 Å². The number of aliphatic hydroxyl groups excluding tert-OH is 1. The molecule has 4 atom stereocenters. The van der Waals surface area contributed by atoms with E-state index in [1.54, 1.807) is 4.90 Å². The minimum atomic E-state index is -0.765. The van der Waals surface area contributed by atoms with Crippen LogP contribution in [0.4, 0.5) is 0 Å². The van der Waals surface area contributed by atoms with Crippen molar-refractivity contribution in [1.29, 1.82) is 0 Å². The van der Waals surface area contributed by atoms with Gasteiger partial charge >= 0.3 is 5.97 Å². The number of esters is 1. The first-order chi connectivity index (χ1) is 11.5. The Bertz CT molecular complexity index is 566. The summed E-state index contributed by atoms with van der Waals surface area (Å²) in [6.45, 7) is 10.0. The van der Waals surface area contributed by atoms with Crippen molar-refractivity contribution in [2.75, 3.05) is 20.3 Å². The van der Waals surface area contributed by atoms with Crippen LogP contribution in [0, 0.1) is 22.7 Å². The van der Waals surface area contributed by atoms with Crippen molar-refractivity contribution in [3.63, 3.8) is 0 Å². The Morgan fingerprint density at radius 2 is 1.92 bits per heavy atom. The summed E-state index contributed by atoms with van der Waals surface area (Å²) in [5.74, 6) is -0.681. The molecule has 7 nitrogen and oxygen atoms in total. The molecule has 7 heteroatoms. The predicted octanol–water partition coefficient (Wildman–Crippen LogP) is 0.556. The zero-order valence-corrected chi connectivity index (χ0v) is 16.0. The molecule has 2 N–H and O–H groups in total. The first-order valence-corrected chi connectivity index (χ1v) is 8.75. The molecule has 0 aromatic heterocycles. The predicted molar refractivity (Wildman–Crippen MR) is 91.4 cm³/mol. The number of aliphatic hydroxyl groups is 1. The van der Waals surface area contributed by atoms with Gasteiger partial charge in [-0.3, -0.25) is 9.59 Å². The molecule has 2 aliphatic rings. The number of likely N-dealkylation sites (tertiary alicyclic amines) is 1. The lowest BCUT2D eigenvalue weighted by atomic mass is 9.85. The molecule has 1 saturated carbocycles. The lowest BCUT2D eigenvalue weighted by Gasteiger charge is -2.37. The minimum absolute atomic E-state index is 0.0208. The Balaban J connectivity index is 2.23. The van der Waals surface area contributed by atoms with E-state index in [1.807, 2.05) is 20.8 Å². The highest BCUT2D eigenvalue weighted by Crippen LogP contribution is 2.65. The summed E-state index contributed by atoms with van der Waals surface area (Å²) in [5.41, 5.74) is -0.502. The van der Waals surface area contributed by atoms with Crippen LogP contribution in [0.3, 0.4) is 0 Å². The van der Waals surface area contributed by atoms with E-state index in [9.17, 15) is 14.4 Å². The van der Waals surface area contributed by atoms with E-state index in [-0.39, 0.29) is 42.1 Å². The number of rotatable bonds is 5. The summed E-state index contributed by atoms with van der Waals surface area (Å²) < 4.78 is 4.94. The van der Waals surface area contributed by atoms with Crippen molar-refractivity contribution in [1.82, 2.24) is 10.2 Å². The number of fused-ring (bicyclic) bond motifs is 1. The van der Waals surface area contributed by atoms with Gasteiger partial charge in [0.05, 0.1) is 13.7 Å². The first-order valence-electron chi connectivity index (χ1n) is 8.75. The van der Waals surface area contributed by atoms with Crippen LogP contribution in [0.5, 0.6) is 0 Å². The van der Waals surface area contributed by atoms with Crippen LogP contribution in [0.15, 0.2) is 0 Å². The van der Waals surface area contributed by atoms with E-state index in [1.165, 1.54) is 7.11 Å². The Morgan fingerprint density at radius 3 is 2.40 bits per heavy atom. The maximum Gasteiger partial charge on any atom is 0.328 e. The molecule has 0 aromatic rings. The average Bonchev–Trinajstić information content (AvgIpc) is 2.87. The van der Waals surface area contributed by atoms with Gasteiger partial charge in [0.15, 0.2) is 0 Å². The first kappa shape index (κ1) is 19.7. The SMILES string of the molecule is COC(=O)[C@@H]1[C@@H]2[C@H](CN1C(=O)[C@@H](NC(=O)CCO)C(C)(C)C)C2(C)C. The van der Waals surface area contributed by atoms with Crippen molar-refractivity contribution >= 4 is 17.8 Å². The summed E-state index contributed by atoms with van der Waals surface area (Å²) >= 11 is 0. The smallest absolute Gasteiger partial charge is 0.328 e. The molecule has 25 heavy (non-hydrogen) atoms. The highest BCUT2D eigenvalue weighted by atomic mass is 16.5. The van der Waals surface area contributed by atoms with E-state index in [4.69, 9.17) is 9.84 Å². The van der Waals surface area contributed by atoms with Crippen molar-refractivity contribution in [2.24, 2.45) is 22.7 Å². The summed E-state index contributed by atoms with van der Waals surface area (Å²) in [5, 5.41) is 11.7. The standard InChI is InChI=1S/C18H30N2O5/c1-17(2,3)14(19-11(22)7-8-21)15(23)20-9-10-12(18(10,4)5)13(20)16(24)25-6/h10,12-14,21H,7-9H2,1-6H3,(H,19,22)/t10-,12-,13-,14+/m0/s1. The highest BCUT2D eigenvalue weighted by Gasteiger charge is 2.70. The quantitative estimate of drug-likeness (QED) is 0.703. The number of piperidine rings is 1. The molecule has 0 bridgehead atoms. The summed E-state index contributed by atoms with van der Waals surface area (Å²) in [7, 11) is 1.33. The summed E-state index contributed by atoms with van der Waals surface area (Å²) in [6, 6.07) is -1.36. The third-order valence-electron chi connectivity index (χ3n) is 5.69. The third kappa shape index (κ3) is 3.52. The molecular formula is C18H30N2O5. The molecule has 1 aliphatic heterocycles.